The van der Waals surface area contributed by atoms with E-state index in [1.54, 1.807) is 23.7 Å². The van der Waals surface area contributed by atoms with Crippen LogP contribution in [0.15, 0.2) is 4.99 Å². The molecule has 2 saturated heterocycles. The molecular formula is C12H21N3O2S. The molecule has 5 nitrogen and oxygen atoms in total. The molecule has 0 radical (unpaired) electrons. The van der Waals surface area contributed by atoms with Crippen molar-refractivity contribution in [1.82, 2.24) is 10.2 Å². The second kappa shape index (κ2) is 5.93. The van der Waals surface area contributed by atoms with Gasteiger partial charge in [0.2, 0.25) is 5.91 Å². The van der Waals surface area contributed by atoms with Gasteiger partial charge in [-0.2, -0.15) is 0 Å². The van der Waals surface area contributed by atoms with Crippen LogP contribution in [-0.2, 0) is 9.53 Å². The predicted molar refractivity (Wildman–Crippen MR) is 74.0 cm³/mol. The monoisotopic (exact) mass is 271 g/mol. The molecule has 102 valence electrons. The topological polar surface area (TPSA) is 53.9 Å². The molecule has 0 bridgehead atoms. The summed E-state index contributed by atoms with van der Waals surface area (Å²) >= 11 is 1.72. The van der Waals surface area contributed by atoms with E-state index >= 15 is 0 Å². The van der Waals surface area contributed by atoms with Crippen molar-refractivity contribution in [2.24, 2.45) is 4.99 Å². The molecule has 0 aliphatic carbocycles. The third-order valence-electron chi connectivity index (χ3n) is 3.57. The van der Waals surface area contributed by atoms with Crippen LogP contribution in [0.25, 0.3) is 0 Å². The van der Waals surface area contributed by atoms with Gasteiger partial charge in [-0.15, -0.1) is 0 Å². The Bertz CT molecular complexity index is 340. The van der Waals surface area contributed by atoms with Crippen LogP contribution in [0, 0.1) is 0 Å². The summed E-state index contributed by atoms with van der Waals surface area (Å²) in [5.41, 5.74) is 0.154. The van der Waals surface area contributed by atoms with E-state index in [4.69, 9.17) is 4.74 Å². The summed E-state index contributed by atoms with van der Waals surface area (Å²) in [4.78, 5) is 17.7. The summed E-state index contributed by atoms with van der Waals surface area (Å²) in [6.07, 6.45) is 2.06. The van der Waals surface area contributed by atoms with Crippen molar-refractivity contribution >= 4 is 22.8 Å². The summed E-state index contributed by atoms with van der Waals surface area (Å²) in [7, 11) is 1.80. The van der Waals surface area contributed by atoms with Gasteiger partial charge in [0.25, 0.3) is 0 Å². The largest absolute Gasteiger partial charge is 0.381 e. The summed E-state index contributed by atoms with van der Waals surface area (Å²) in [5, 5.41) is 4.39. The fraction of sp³-hybridized carbons (Fsp3) is 0.833. The van der Waals surface area contributed by atoms with Gasteiger partial charge in [-0.05, 0) is 19.8 Å². The predicted octanol–water partition coefficient (Wildman–Crippen LogP) is 0.706. The lowest BCUT2D eigenvalue weighted by Crippen LogP contribution is -2.48. The average molecular weight is 271 g/mol. The first-order valence-corrected chi connectivity index (χ1v) is 7.41. The molecule has 2 aliphatic heterocycles. The van der Waals surface area contributed by atoms with Gasteiger partial charge in [-0.3, -0.25) is 9.79 Å². The molecule has 0 atom stereocenters. The third-order valence-corrected chi connectivity index (χ3v) is 4.77. The van der Waals surface area contributed by atoms with Gasteiger partial charge in [0.05, 0.1) is 5.54 Å². The Balaban J connectivity index is 1.86. The standard InChI is InChI=1S/C12H21N3O2S/c1-3-15(2)10(16)8-13-11-14-12(9-18-11)4-6-17-7-5-12/h3-9H2,1-2H3,(H,13,14). The first-order chi connectivity index (χ1) is 8.65. The zero-order valence-electron chi connectivity index (χ0n) is 11.1. The van der Waals surface area contributed by atoms with Gasteiger partial charge in [-0.1, -0.05) is 11.8 Å². The molecule has 2 aliphatic rings. The number of nitrogens with one attached hydrogen (secondary N) is 1. The Labute approximate surface area is 112 Å². The minimum Gasteiger partial charge on any atom is -0.381 e. The maximum atomic E-state index is 11.7. The molecule has 0 saturated carbocycles. The Hall–Kier alpha value is -0.750. The lowest BCUT2D eigenvalue weighted by Gasteiger charge is -2.32. The molecule has 0 unspecified atom stereocenters. The average Bonchev–Trinajstić information content (AvgIpc) is 2.79. The van der Waals surface area contributed by atoms with E-state index in [1.807, 2.05) is 6.92 Å². The van der Waals surface area contributed by atoms with Crippen LogP contribution in [0.1, 0.15) is 19.8 Å². The number of hydrogen-bond donors (Lipinski definition) is 1. The van der Waals surface area contributed by atoms with Gasteiger partial charge in [0.1, 0.15) is 6.54 Å². The van der Waals surface area contributed by atoms with Crippen LogP contribution in [0.4, 0.5) is 0 Å². The van der Waals surface area contributed by atoms with Gasteiger partial charge in [0, 0.05) is 32.6 Å². The Morgan fingerprint density at radius 1 is 1.56 bits per heavy atom. The number of thioether (sulfide) groups is 1. The Morgan fingerprint density at radius 3 is 2.94 bits per heavy atom. The zero-order chi connectivity index (χ0) is 13.0. The number of carbonyl (C=O) groups excluding carboxylic acids is 1. The smallest absolute Gasteiger partial charge is 0.244 e. The van der Waals surface area contributed by atoms with Crippen LogP contribution in [-0.4, -0.2) is 60.6 Å². The maximum absolute atomic E-state index is 11.7. The van der Waals surface area contributed by atoms with Crippen molar-refractivity contribution in [1.29, 1.82) is 0 Å². The summed E-state index contributed by atoms with van der Waals surface area (Å²) in [6.45, 7) is 4.57. The molecule has 2 fully saturated rings. The number of ether oxygens (including phenoxy) is 1. The van der Waals surface area contributed by atoms with E-state index in [-0.39, 0.29) is 18.0 Å². The maximum Gasteiger partial charge on any atom is 0.244 e. The molecule has 0 aromatic rings. The molecule has 1 amide bonds. The molecule has 6 heteroatoms. The molecule has 2 heterocycles. The molecule has 0 aromatic carbocycles. The minimum atomic E-state index is 0.0697. The third kappa shape index (κ3) is 3.17. The normalized spacial score (nSPS) is 24.2. The van der Waals surface area contributed by atoms with Crippen molar-refractivity contribution in [3.05, 3.63) is 0 Å². The lowest BCUT2D eigenvalue weighted by atomic mass is 9.93. The lowest BCUT2D eigenvalue weighted by molar-refractivity contribution is -0.128. The first-order valence-electron chi connectivity index (χ1n) is 6.42. The SMILES string of the molecule is CCN(C)C(=O)CN=C1NC2(CCOCC2)CS1. The number of hydrogen-bond acceptors (Lipinski definition) is 4. The van der Waals surface area contributed by atoms with Crippen LogP contribution in [0.3, 0.4) is 0 Å². The highest BCUT2D eigenvalue weighted by Crippen LogP contribution is 2.31. The summed E-state index contributed by atoms with van der Waals surface area (Å²) in [6, 6.07) is 0. The number of amides is 1. The van der Waals surface area contributed by atoms with Gasteiger partial charge in [0.15, 0.2) is 5.17 Å². The molecular weight excluding hydrogens is 250 g/mol. The van der Waals surface area contributed by atoms with Crippen molar-refractivity contribution in [2.45, 2.75) is 25.3 Å². The molecule has 0 aromatic heterocycles. The van der Waals surface area contributed by atoms with Gasteiger partial charge in [-0.25, -0.2) is 0 Å². The first kappa shape index (κ1) is 13.7. The second-order valence-electron chi connectivity index (χ2n) is 4.84. The van der Waals surface area contributed by atoms with Crippen molar-refractivity contribution in [3.8, 4) is 0 Å². The molecule has 1 spiro atoms. The van der Waals surface area contributed by atoms with Crippen LogP contribution < -0.4 is 5.32 Å². The number of carbonyl (C=O) groups is 1. The van der Waals surface area contributed by atoms with E-state index < -0.39 is 0 Å². The van der Waals surface area contributed by atoms with E-state index in [1.165, 1.54) is 0 Å². The Morgan fingerprint density at radius 2 is 2.28 bits per heavy atom. The van der Waals surface area contributed by atoms with Crippen LogP contribution >= 0.6 is 11.8 Å². The number of aliphatic imine (C=N–C) groups is 1. The fourth-order valence-corrected chi connectivity index (χ4v) is 3.28. The number of nitrogens with zero attached hydrogens (tertiary/aromatic N) is 2. The van der Waals surface area contributed by atoms with Crippen LogP contribution in [0.2, 0.25) is 0 Å². The zero-order valence-corrected chi connectivity index (χ0v) is 11.9. The van der Waals surface area contributed by atoms with E-state index in [2.05, 4.69) is 10.3 Å². The minimum absolute atomic E-state index is 0.0697. The Kier molecular flexibility index (Phi) is 4.50. The number of rotatable bonds is 3. The summed E-state index contributed by atoms with van der Waals surface area (Å²) < 4.78 is 5.39. The molecule has 1 N–H and O–H groups in total. The highest BCUT2D eigenvalue weighted by Gasteiger charge is 2.38. The van der Waals surface area contributed by atoms with E-state index in [0.29, 0.717) is 0 Å². The van der Waals surface area contributed by atoms with Crippen molar-refractivity contribution in [2.75, 3.05) is 39.1 Å². The number of amidine groups is 1. The quantitative estimate of drug-likeness (QED) is 0.821. The van der Waals surface area contributed by atoms with Gasteiger partial charge < -0.3 is 15.0 Å². The van der Waals surface area contributed by atoms with Crippen LogP contribution in [0.5, 0.6) is 0 Å². The highest BCUT2D eigenvalue weighted by atomic mass is 32.2. The second-order valence-corrected chi connectivity index (χ2v) is 5.80. The fourth-order valence-electron chi connectivity index (χ4n) is 2.06. The van der Waals surface area contributed by atoms with Gasteiger partial charge >= 0.3 is 0 Å². The van der Waals surface area contributed by atoms with E-state index in [9.17, 15) is 4.79 Å². The van der Waals surface area contributed by atoms with E-state index in [0.717, 1.165) is 43.5 Å². The van der Waals surface area contributed by atoms with Crippen molar-refractivity contribution in [3.63, 3.8) is 0 Å². The molecule has 18 heavy (non-hydrogen) atoms. The van der Waals surface area contributed by atoms with Crippen molar-refractivity contribution < 1.29 is 9.53 Å². The molecule has 2 rings (SSSR count). The number of likely N-dealkylation sites (N-methyl/N-ethyl adjacent to an activating group) is 1. The highest BCUT2D eigenvalue weighted by molar-refractivity contribution is 8.14. The summed E-state index contributed by atoms with van der Waals surface area (Å²) in [5.74, 6) is 1.10.